The van der Waals surface area contributed by atoms with Gasteiger partial charge in [-0.15, -0.1) is 24.8 Å². The van der Waals surface area contributed by atoms with Crippen LogP contribution in [0.4, 0.5) is 0 Å². The average molecular weight is 274 g/mol. The maximum Gasteiger partial charge on any atom is 0.233 e. The zero-order valence-corrected chi connectivity index (χ0v) is 12.4. The van der Waals surface area contributed by atoms with Gasteiger partial charge < -0.3 is 16.0 Å². The highest BCUT2D eigenvalue weighted by molar-refractivity contribution is 5.85. The standard InChI is InChI=1S/C10H23N3O.2ClH/c1-8(12-9(14)6-11)10(2,3)7-13(4)5;;/h8H,6-7,11H2,1-5H3,(H,12,14);2*1H. The maximum atomic E-state index is 11.1. The number of hydrogen-bond donors (Lipinski definition) is 2. The number of nitrogens with two attached hydrogens (primary N) is 1. The lowest BCUT2D eigenvalue weighted by Crippen LogP contribution is -2.48. The van der Waals surface area contributed by atoms with Crippen LogP contribution in [-0.2, 0) is 4.79 Å². The lowest BCUT2D eigenvalue weighted by atomic mass is 9.85. The van der Waals surface area contributed by atoms with E-state index in [1.54, 1.807) is 0 Å². The summed E-state index contributed by atoms with van der Waals surface area (Å²) in [4.78, 5) is 13.2. The molecule has 100 valence electrons. The summed E-state index contributed by atoms with van der Waals surface area (Å²) < 4.78 is 0. The first-order chi connectivity index (χ1) is 6.29. The van der Waals surface area contributed by atoms with Crippen LogP contribution >= 0.6 is 24.8 Å². The van der Waals surface area contributed by atoms with E-state index < -0.39 is 0 Å². The average Bonchev–Trinajstić information content (AvgIpc) is 2.01. The second-order valence-electron chi connectivity index (χ2n) is 4.72. The van der Waals surface area contributed by atoms with Gasteiger partial charge in [0, 0.05) is 12.6 Å². The van der Waals surface area contributed by atoms with Crippen molar-refractivity contribution in [3.05, 3.63) is 0 Å². The van der Waals surface area contributed by atoms with Crippen LogP contribution < -0.4 is 11.1 Å². The molecule has 0 aliphatic carbocycles. The highest BCUT2D eigenvalue weighted by atomic mass is 35.5. The number of carbonyl (C=O) groups is 1. The summed E-state index contributed by atoms with van der Waals surface area (Å²) in [5.74, 6) is -0.0932. The number of nitrogens with zero attached hydrogens (tertiary/aromatic N) is 1. The summed E-state index contributed by atoms with van der Waals surface area (Å²) in [6.45, 7) is 7.27. The lowest BCUT2D eigenvalue weighted by molar-refractivity contribution is -0.121. The van der Waals surface area contributed by atoms with Crippen LogP contribution in [0.3, 0.4) is 0 Å². The molecule has 0 aromatic carbocycles. The van der Waals surface area contributed by atoms with Crippen LogP contribution in [0.5, 0.6) is 0 Å². The molecule has 0 heterocycles. The number of rotatable bonds is 5. The number of hydrogen-bond acceptors (Lipinski definition) is 3. The number of amides is 1. The number of halogens is 2. The Bertz CT molecular complexity index is 199. The maximum absolute atomic E-state index is 11.1. The first-order valence-electron chi connectivity index (χ1n) is 4.93. The quantitative estimate of drug-likeness (QED) is 0.782. The van der Waals surface area contributed by atoms with Crippen LogP contribution in [0.1, 0.15) is 20.8 Å². The van der Waals surface area contributed by atoms with Gasteiger partial charge in [0.05, 0.1) is 6.54 Å². The van der Waals surface area contributed by atoms with E-state index in [-0.39, 0.29) is 48.7 Å². The van der Waals surface area contributed by atoms with E-state index >= 15 is 0 Å². The normalized spacial score (nSPS) is 12.4. The summed E-state index contributed by atoms with van der Waals surface area (Å²) in [6.07, 6.45) is 0. The van der Waals surface area contributed by atoms with Gasteiger partial charge in [-0.05, 0) is 26.4 Å². The monoisotopic (exact) mass is 273 g/mol. The molecule has 0 aliphatic heterocycles. The molecule has 0 radical (unpaired) electrons. The van der Waals surface area contributed by atoms with Gasteiger partial charge in [-0.3, -0.25) is 4.79 Å². The van der Waals surface area contributed by atoms with E-state index in [2.05, 4.69) is 24.1 Å². The van der Waals surface area contributed by atoms with Crippen molar-refractivity contribution in [2.45, 2.75) is 26.8 Å². The van der Waals surface area contributed by atoms with Crippen LogP contribution in [0.25, 0.3) is 0 Å². The Morgan fingerprint density at radius 3 is 2.12 bits per heavy atom. The minimum atomic E-state index is -0.0932. The fourth-order valence-electron chi connectivity index (χ4n) is 1.45. The van der Waals surface area contributed by atoms with Gasteiger partial charge in [0.2, 0.25) is 5.91 Å². The fraction of sp³-hybridized carbons (Fsp3) is 0.900. The Balaban J connectivity index is -0.000000845. The molecule has 0 spiro atoms. The Morgan fingerprint density at radius 2 is 1.81 bits per heavy atom. The predicted molar refractivity (Wildman–Crippen MR) is 73.5 cm³/mol. The van der Waals surface area contributed by atoms with E-state index in [1.165, 1.54) is 0 Å². The number of nitrogens with one attached hydrogen (secondary N) is 1. The Kier molecular flexibility index (Phi) is 12.0. The molecule has 4 nitrogen and oxygen atoms in total. The smallest absolute Gasteiger partial charge is 0.233 e. The molecule has 1 atom stereocenters. The first-order valence-corrected chi connectivity index (χ1v) is 4.93. The molecular formula is C10H25Cl2N3O. The molecule has 0 aliphatic rings. The van der Waals surface area contributed by atoms with Gasteiger partial charge >= 0.3 is 0 Å². The Hall–Kier alpha value is -0.0300. The summed E-state index contributed by atoms with van der Waals surface area (Å²) in [7, 11) is 4.05. The van der Waals surface area contributed by atoms with Gasteiger partial charge in [-0.25, -0.2) is 0 Å². The third-order valence-corrected chi connectivity index (χ3v) is 2.46. The summed E-state index contributed by atoms with van der Waals surface area (Å²) in [5, 5.41) is 2.88. The van der Waals surface area contributed by atoms with Gasteiger partial charge in [-0.1, -0.05) is 13.8 Å². The van der Waals surface area contributed by atoms with Crippen molar-refractivity contribution in [1.29, 1.82) is 0 Å². The topological polar surface area (TPSA) is 58.4 Å². The molecule has 6 heteroatoms. The third kappa shape index (κ3) is 8.16. The predicted octanol–water partition coefficient (Wildman–Crippen LogP) is 0.881. The Labute approximate surface area is 111 Å². The summed E-state index contributed by atoms with van der Waals surface area (Å²) in [5.41, 5.74) is 5.29. The minimum Gasteiger partial charge on any atom is -0.352 e. The molecule has 0 fully saturated rings. The van der Waals surface area contributed by atoms with E-state index in [0.717, 1.165) is 6.54 Å². The van der Waals surface area contributed by atoms with Crippen molar-refractivity contribution < 1.29 is 4.79 Å². The second-order valence-corrected chi connectivity index (χ2v) is 4.72. The minimum absolute atomic E-state index is 0. The van der Waals surface area contributed by atoms with Crippen molar-refractivity contribution in [3.63, 3.8) is 0 Å². The van der Waals surface area contributed by atoms with Crippen molar-refractivity contribution in [2.75, 3.05) is 27.2 Å². The molecule has 0 saturated carbocycles. The van der Waals surface area contributed by atoms with Crippen molar-refractivity contribution >= 4 is 30.7 Å². The zero-order chi connectivity index (χ0) is 11.4. The van der Waals surface area contributed by atoms with Gasteiger partial charge in [0.1, 0.15) is 0 Å². The van der Waals surface area contributed by atoms with Gasteiger partial charge in [0.25, 0.3) is 0 Å². The molecule has 0 aromatic rings. The molecular weight excluding hydrogens is 249 g/mol. The van der Waals surface area contributed by atoms with E-state index in [0.29, 0.717) is 0 Å². The molecule has 3 N–H and O–H groups in total. The highest BCUT2D eigenvalue weighted by Crippen LogP contribution is 2.20. The van der Waals surface area contributed by atoms with Gasteiger partial charge in [0.15, 0.2) is 0 Å². The lowest BCUT2D eigenvalue weighted by Gasteiger charge is -2.34. The Morgan fingerprint density at radius 1 is 1.38 bits per heavy atom. The van der Waals surface area contributed by atoms with Crippen LogP contribution in [0, 0.1) is 5.41 Å². The highest BCUT2D eigenvalue weighted by Gasteiger charge is 2.27. The van der Waals surface area contributed by atoms with Crippen molar-refractivity contribution in [2.24, 2.45) is 11.1 Å². The zero-order valence-electron chi connectivity index (χ0n) is 10.7. The van der Waals surface area contributed by atoms with E-state index in [9.17, 15) is 4.79 Å². The van der Waals surface area contributed by atoms with E-state index in [4.69, 9.17) is 5.73 Å². The summed E-state index contributed by atoms with van der Waals surface area (Å²) in [6, 6.07) is 0.126. The van der Waals surface area contributed by atoms with Crippen LogP contribution in [0.15, 0.2) is 0 Å². The molecule has 0 aromatic heterocycles. The SMILES string of the molecule is CC(NC(=O)CN)C(C)(C)CN(C)C.Cl.Cl. The number of carbonyl (C=O) groups excluding carboxylic acids is 1. The molecule has 16 heavy (non-hydrogen) atoms. The first kappa shape index (κ1) is 21.3. The van der Waals surface area contributed by atoms with E-state index in [1.807, 2.05) is 21.0 Å². The molecule has 0 saturated heterocycles. The molecule has 0 bridgehead atoms. The van der Waals surface area contributed by atoms with Gasteiger partial charge in [-0.2, -0.15) is 0 Å². The molecule has 0 rings (SSSR count). The van der Waals surface area contributed by atoms with Crippen molar-refractivity contribution in [1.82, 2.24) is 10.2 Å². The largest absolute Gasteiger partial charge is 0.352 e. The van der Waals surface area contributed by atoms with Crippen LogP contribution in [-0.4, -0.2) is 44.0 Å². The summed E-state index contributed by atoms with van der Waals surface area (Å²) >= 11 is 0. The van der Waals surface area contributed by atoms with Crippen molar-refractivity contribution in [3.8, 4) is 0 Å². The molecule has 1 amide bonds. The fourth-order valence-corrected chi connectivity index (χ4v) is 1.45. The molecule has 1 unspecified atom stereocenters. The third-order valence-electron chi connectivity index (χ3n) is 2.46. The second kappa shape index (κ2) is 9.05. The van der Waals surface area contributed by atoms with Crippen LogP contribution in [0.2, 0.25) is 0 Å².